The first-order valence-corrected chi connectivity index (χ1v) is 6.49. The molecule has 1 aliphatic rings. The molecule has 1 aromatic heterocycles. The first kappa shape index (κ1) is 11.6. The zero-order valence-corrected chi connectivity index (χ0v) is 10.4. The Labute approximate surface area is 98.2 Å². The van der Waals surface area contributed by atoms with E-state index >= 15 is 0 Å². The second kappa shape index (κ2) is 5.48. The number of aromatic nitrogens is 2. The molecule has 0 aliphatic heterocycles. The van der Waals surface area contributed by atoms with Crippen LogP contribution in [0.3, 0.4) is 0 Å². The zero-order valence-electron chi connectivity index (χ0n) is 10.4. The predicted octanol–water partition coefficient (Wildman–Crippen LogP) is 2.57. The van der Waals surface area contributed by atoms with E-state index in [0.717, 1.165) is 25.0 Å². The Balaban J connectivity index is 1.68. The van der Waals surface area contributed by atoms with Crippen LogP contribution in [0.25, 0.3) is 0 Å². The molecular weight excluding hydrogens is 198 g/mol. The van der Waals surface area contributed by atoms with E-state index in [2.05, 4.69) is 35.1 Å². The van der Waals surface area contributed by atoms with Gasteiger partial charge in [0.2, 0.25) is 0 Å². The van der Waals surface area contributed by atoms with Crippen molar-refractivity contribution in [3.63, 3.8) is 0 Å². The van der Waals surface area contributed by atoms with E-state index in [1.807, 2.05) is 6.20 Å². The lowest BCUT2D eigenvalue weighted by molar-refractivity contribution is 0.489. The van der Waals surface area contributed by atoms with Gasteiger partial charge in [0.25, 0.3) is 0 Å². The largest absolute Gasteiger partial charge is 0.310 e. The second-order valence-electron chi connectivity index (χ2n) is 5.30. The molecule has 16 heavy (non-hydrogen) atoms. The summed E-state index contributed by atoms with van der Waals surface area (Å²) in [6.45, 7) is 6.58. The van der Waals surface area contributed by atoms with Crippen LogP contribution in [0.15, 0.2) is 12.4 Å². The third-order valence-corrected chi connectivity index (χ3v) is 3.03. The summed E-state index contributed by atoms with van der Waals surface area (Å²) in [6, 6.07) is 0.782. The lowest BCUT2D eigenvalue weighted by Gasteiger charge is -2.04. The summed E-state index contributed by atoms with van der Waals surface area (Å²) in [7, 11) is 0. The summed E-state index contributed by atoms with van der Waals surface area (Å²) in [5, 5.41) is 7.90. The molecule has 3 nitrogen and oxygen atoms in total. The van der Waals surface area contributed by atoms with E-state index in [1.54, 1.807) is 0 Å². The Hall–Kier alpha value is -0.830. The lowest BCUT2D eigenvalue weighted by atomic mass is 10.1. The SMILES string of the molecule is CC(C)CCCn1cc(CNC2CC2)cn1. The Morgan fingerprint density at radius 2 is 2.31 bits per heavy atom. The van der Waals surface area contributed by atoms with Gasteiger partial charge in [0.1, 0.15) is 0 Å². The molecule has 0 radical (unpaired) electrons. The number of hydrogen-bond donors (Lipinski definition) is 1. The molecule has 1 aromatic rings. The number of nitrogens with one attached hydrogen (secondary N) is 1. The molecule has 90 valence electrons. The minimum atomic E-state index is 0.782. The first-order valence-electron chi connectivity index (χ1n) is 6.49. The van der Waals surface area contributed by atoms with Crippen molar-refractivity contribution < 1.29 is 0 Å². The van der Waals surface area contributed by atoms with Gasteiger partial charge in [0.05, 0.1) is 6.20 Å². The highest BCUT2D eigenvalue weighted by Gasteiger charge is 2.20. The maximum atomic E-state index is 4.39. The molecule has 0 aromatic carbocycles. The van der Waals surface area contributed by atoms with Gasteiger partial charge in [-0.25, -0.2) is 0 Å². The lowest BCUT2D eigenvalue weighted by Crippen LogP contribution is -2.14. The minimum absolute atomic E-state index is 0.782. The monoisotopic (exact) mass is 221 g/mol. The van der Waals surface area contributed by atoms with E-state index < -0.39 is 0 Å². The van der Waals surface area contributed by atoms with Crippen LogP contribution in [0, 0.1) is 5.92 Å². The van der Waals surface area contributed by atoms with Gasteiger partial charge in [-0.1, -0.05) is 13.8 Å². The van der Waals surface area contributed by atoms with Gasteiger partial charge in [0, 0.05) is 30.9 Å². The predicted molar refractivity (Wildman–Crippen MR) is 66.2 cm³/mol. The highest BCUT2D eigenvalue weighted by molar-refractivity contribution is 5.04. The third kappa shape index (κ3) is 3.97. The molecule has 1 aliphatic carbocycles. The van der Waals surface area contributed by atoms with Crippen LogP contribution in [-0.2, 0) is 13.1 Å². The fraction of sp³-hybridized carbons (Fsp3) is 0.769. The van der Waals surface area contributed by atoms with Gasteiger partial charge < -0.3 is 5.32 Å². The topological polar surface area (TPSA) is 29.9 Å². The highest BCUT2D eigenvalue weighted by Crippen LogP contribution is 2.19. The van der Waals surface area contributed by atoms with Gasteiger partial charge in [-0.3, -0.25) is 4.68 Å². The number of nitrogens with zero attached hydrogens (tertiary/aromatic N) is 2. The molecular formula is C13H23N3. The summed E-state index contributed by atoms with van der Waals surface area (Å²) in [6.07, 6.45) is 9.38. The summed E-state index contributed by atoms with van der Waals surface area (Å²) in [5.74, 6) is 0.798. The fourth-order valence-electron chi connectivity index (χ4n) is 1.83. The van der Waals surface area contributed by atoms with E-state index in [1.165, 1.54) is 31.2 Å². The van der Waals surface area contributed by atoms with E-state index in [-0.39, 0.29) is 0 Å². The second-order valence-corrected chi connectivity index (χ2v) is 5.30. The van der Waals surface area contributed by atoms with Crippen LogP contribution < -0.4 is 5.32 Å². The molecule has 2 rings (SSSR count). The van der Waals surface area contributed by atoms with Crippen molar-refractivity contribution in [2.24, 2.45) is 5.92 Å². The molecule has 1 heterocycles. The Morgan fingerprint density at radius 1 is 1.50 bits per heavy atom. The number of rotatable bonds is 7. The molecule has 0 saturated heterocycles. The van der Waals surface area contributed by atoms with Crippen molar-refractivity contribution in [3.8, 4) is 0 Å². The first-order chi connectivity index (χ1) is 7.74. The van der Waals surface area contributed by atoms with Crippen LogP contribution in [-0.4, -0.2) is 15.8 Å². The van der Waals surface area contributed by atoms with Gasteiger partial charge >= 0.3 is 0 Å². The van der Waals surface area contributed by atoms with Gasteiger partial charge in [-0.2, -0.15) is 5.10 Å². The van der Waals surface area contributed by atoms with Crippen LogP contribution in [0.1, 0.15) is 45.1 Å². The Kier molecular flexibility index (Phi) is 3.99. The summed E-state index contributed by atoms with van der Waals surface area (Å²) >= 11 is 0. The number of aryl methyl sites for hydroxylation is 1. The summed E-state index contributed by atoms with van der Waals surface area (Å²) in [4.78, 5) is 0. The van der Waals surface area contributed by atoms with Gasteiger partial charge in [-0.15, -0.1) is 0 Å². The van der Waals surface area contributed by atoms with Crippen molar-refractivity contribution in [1.29, 1.82) is 0 Å². The molecule has 1 fully saturated rings. The van der Waals surface area contributed by atoms with Crippen molar-refractivity contribution in [2.45, 2.75) is 58.7 Å². The average Bonchev–Trinajstić information content (AvgIpc) is 2.96. The van der Waals surface area contributed by atoms with E-state index in [9.17, 15) is 0 Å². The van der Waals surface area contributed by atoms with Crippen molar-refractivity contribution in [3.05, 3.63) is 18.0 Å². The van der Waals surface area contributed by atoms with Crippen LogP contribution in [0.5, 0.6) is 0 Å². The van der Waals surface area contributed by atoms with Crippen molar-refractivity contribution >= 4 is 0 Å². The molecule has 1 N–H and O–H groups in total. The summed E-state index contributed by atoms with van der Waals surface area (Å²) in [5.41, 5.74) is 1.32. The molecule has 3 heteroatoms. The molecule has 0 amide bonds. The highest BCUT2D eigenvalue weighted by atomic mass is 15.3. The third-order valence-electron chi connectivity index (χ3n) is 3.03. The molecule has 0 spiro atoms. The fourth-order valence-corrected chi connectivity index (χ4v) is 1.83. The minimum Gasteiger partial charge on any atom is -0.310 e. The molecule has 0 unspecified atom stereocenters. The smallest absolute Gasteiger partial charge is 0.0534 e. The zero-order chi connectivity index (χ0) is 11.4. The van der Waals surface area contributed by atoms with Crippen molar-refractivity contribution in [2.75, 3.05) is 0 Å². The van der Waals surface area contributed by atoms with Gasteiger partial charge in [0.15, 0.2) is 0 Å². The van der Waals surface area contributed by atoms with Crippen molar-refractivity contribution in [1.82, 2.24) is 15.1 Å². The quantitative estimate of drug-likeness (QED) is 0.767. The maximum Gasteiger partial charge on any atom is 0.0534 e. The van der Waals surface area contributed by atoms with E-state index in [4.69, 9.17) is 0 Å². The Morgan fingerprint density at radius 3 is 3.00 bits per heavy atom. The standard InChI is InChI=1S/C13H23N3/c1-11(2)4-3-7-16-10-12(9-15-16)8-14-13-5-6-13/h9-11,13-14H,3-8H2,1-2H3. The van der Waals surface area contributed by atoms with Gasteiger partial charge in [-0.05, 0) is 31.6 Å². The van der Waals surface area contributed by atoms with Crippen LogP contribution in [0.4, 0.5) is 0 Å². The van der Waals surface area contributed by atoms with E-state index in [0.29, 0.717) is 0 Å². The molecule has 0 bridgehead atoms. The Bertz CT molecular complexity index is 313. The molecule has 0 atom stereocenters. The normalized spacial score (nSPS) is 15.9. The van der Waals surface area contributed by atoms with Crippen LogP contribution >= 0.6 is 0 Å². The summed E-state index contributed by atoms with van der Waals surface area (Å²) < 4.78 is 2.08. The number of hydrogen-bond acceptors (Lipinski definition) is 2. The molecule has 1 saturated carbocycles. The average molecular weight is 221 g/mol. The van der Waals surface area contributed by atoms with Crippen LogP contribution in [0.2, 0.25) is 0 Å². The maximum absolute atomic E-state index is 4.39.